The van der Waals surface area contributed by atoms with Crippen LogP contribution in [0, 0.1) is 11.8 Å². The van der Waals surface area contributed by atoms with Crippen LogP contribution in [0.2, 0.25) is 0 Å². The Balaban J connectivity index is 1.20. The van der Waals surface area contributed by atoms with E-state index in [0.29, 0.717) is 12.4 Å². The topological polar surface area (TPSA) is 63.4 Å². The van der Waals surface area contributed by atoms with Crippen molar-refractivity contribution in [3.8, 4) is 22.4 Å². The van der Waals surface area contributed by atoms with Crippen LogP contribution in [0.5, 0.6) is 0 Å². The second-order valence-corrected chi connectivity index (χ2v) is 9.50. The zero-order chi connectivity index (χ0) is 24.0. The third kappa shape index (κ3) is 6.05. The minimum absolute atomic E-state index is 0.589. The molecule has 6 nitrogen and oxygen atoms in total. The average molecular weight is 485 g/mol. The predicted molar refractivity (Wildman–Crippen MR) is 138 cm³/mol. The fourth-order valence-electron chi connectivity index (χ4n) is 4.06. The van der Waals surface area contributed by atoms with Gasteiger partial charge in [0.25, 0.3) is 0 Å². The Hall–Kier alpha value is -3.28. The number of rotatable bonds is 6. The van der Waals surface area contributed by atoms with Crippen LogP contribution in [0.15, 0.2) is 66.3 Å². The summed E-state index contributed by atoms with van der Waals surface area (Å²) in [4.78, 5) is 11.4. The highest BCUT2D eigenvalue weighted by Gasteiger charge is 2.12. The quantitative estimate of drug-likeness (QED) is 0.413. The van der Waals surface area contributed by atoms with Gasteiger partial charge in [-0.25, -0.2) is 9.97 Å². The first-order valence-electron chi connectivity index (χ1n) is 11.8. The Morgan fingerprint density at radius 3 is 2.37 bits per heavy atom. The van der Waals surface area contributed by atoms with Crippen LogP contribution in [-0.4, -0.2) is 50.8 Å². The molecule has 1 aliphatic rings. The van der Waals surface area contributed by atoms with Crippen LogP contribution in [0.4, 0.5) is 0 Å². The molecule has 2 aromatic heterocycles. The molecule has 1 N–H and O–H groups in total. The Morgan fingerprint density at radius 1 is 1.00 bits per heavy atom. The van der Waals surface area contributed by atoms with Gasteiger partial charge >= 0.3 is 0 Å². The number of nitrogens with zero attached hydrogens (tertiary/aromatic N) is 4. The summed E-state index contributed by atoms with van der Waals surface area (Å²) in [5, 5.41) is 12.9. The van der Waals surface area contributed by atoms with Crippen molar-refractivity contribution < 1.29 is 9.84 Å². The highest BCUT2D eigenvalue weighted by atomic mass is 32.1. The van der Waals surface area contributed by atoms with E-state index in [0.717, 1.165) is 60.2 Å². The van der Waals surface area contributed by atoms with Gasteiger partial charge < -0.3 is 14.4 Å². The number of ether oxygens (including phenoxy) is 1. The van der Waals surface area contributed by atoms with Crippen molar-refractivity contribution in [1.29, 1.82) is 0 Å². The lowest BCUT2D eigenvalue weighted by Gasteiger charge is -2.26. The van der Waals surface area contributed by atoms with Gasteiger partial charge in [0.1, 0.15) is 16.9 Å². The monoisotopic (exact) mass is 484 g/mol. The predicted octanol–water partition coefficient (Wildman–Crippen LogP) is 4.34. The number of hydrogen-bond acceptors (Lipinski definition) is 6. The number of imidazole rings is 1. The molecular formula is C28H28N4O2S. The summed E-state index contributed by atoms with van der Waals surface area (Å²) >= 11 is 1.61. The number of benzene rings is 2. The standard InChI is InChI=1S/C28H28N4O2S/c1-21(33)27-29-12-13-32(27)19-26-20-35-28(30-26)25-10-8-23(9-11-25)3-2-22-4-6-24(7-5-22)18-31-14-16-34-17-15-31/h4-13,20-21,33H,14-19H2,1H3/t21-/m0/s1. The number of morpholine rings is 1. The summed E-state index contributed by atoms with van der Waals surface area (Å²) in [6, 6.07) is 16.7. The average Bonchev–Trinajstić information content (AvgIpc) is 3.55. The van der Waals surface area contributed by atoms with E-state index in [2.05, 4.69) is 63.5 Å². The first-order chi connectivity index (χ1) is 17.1. The molecule has 5 rings (SSSR count). The smallest absolute Gasteiger partial charge is 0.137 e. The molecule has 2 aromatic carbocycles. The molecule has 1 aliphatic heterocycles. The second kappa shape index (κ2) is 11.0. The highest BCUT2D eigenvalue weighted by Crippen LogP contribution is 2.25. The van der Waals surface area contributed by atoms with Crippen molar-refractivity contribution in [1.82, 2.24) is 19.4 Å². The molecule has 1 atom stereocenters. The summed E-state index contributed by atoms with van der Waals surface area (Å²) < 4.78 is 7.35. The summed E-state index contributed by atoms with van der Waals surface area (Å²) in [7, 11) is 0. The van der Waals surface area contributed by atoms with Crippen LogP contribution in [0.25, 0.3) is 10.6 Å². The lowest BCUT2D eigenvalue weighted by molar-refractivity contribution is 0.0342. The molecule has 178 valence electrons. The Bertz CT molecular complexity index is 1310. The fourth-order valence-corrected chi connectivity index (χ4v) is 4.88. The first-order valence-corrected chi connectivity index (χ1v) is 12.7. The molecule has 0 spiro atoms. The minimum Gasteiger partial charge on any atom is -0.385 e. The molecule has 7 heteroatoms. The number of aliphatic hydroxyl groups is 1. The molecule has 1 saturated heterocycles. The maximum absolute atomic E-state index is 9.85. The molecule has 0 bridgehead atoms. The zero-order valence-electron chi connectivity index (χ0n) is 19.7. The van der Waals surface area contributed by atoms with Crippen molar-refractivity contribution in [3.63, 3.8) is 0 Å². The van der Waals surface area contributed by atoms with Gasteiger partial charge in [0, 0.05) is 54.1 Å². The van der Waals surface area contributed by atoms with Gasteiger partial charge in [-0.2, -0.15) is 0 Å². The van der Waals surface area contributed by atoms with E-state index >= 15 is 0 Å². The van der Waals surface area contributed by atoms with E-state index in [1.165, 1.54) is 5.56 Å². The van der Waals surface area contributed by atoms with Gasteiger partial charge in [-0.05, 0) is 36.8 Å². The first kappa shape index (κ1) is 23.5. The lowest BCUT2D eigenvalue weighted by Crippen LogP contribution is -2.35. The van der Waals surface area contributed by atoms with Gasteiger partial charge in [-0.1, -0.05) is 36.1 Å². The van der Waals surface area contributed by atoms with Crippen LogP contribution in [0.3, 0.4) is 0 Å². The molecule has 0 saturated carbocycles. The third-order valence-corrected chi connectivity index (χ3v) is 6.89. The van der Waals surface area contributed by atoms with Gasteiger partial charge in [0.05, 0.1) is 25.5 Å². The summed E-state index contributed by atoms with van der Waals surface area (Å²) in [5.41, 5.74) is 5.31. The number of aliphatic hydroxyl groups excluding tert-OH is 1. The van der Waals surface area contributed by atoms with Crippen molar-refractivity contribution in [2.75, 3.05) is 26.3 Å². The number of hydrogen-bond donors (Lipinski definition) is 1. The molecule has 1 fully saturated rings. The SMILES string of the molecule is C[C@H](O)c1nccn1Cc1csc(-c2ccc(C#Cc3ccc(CN4CCOCC4)cc3)cc2)n1. The van der Waals surface area contributed by atoms with Gasteiger partial charge in [0.15, 0.2) is 0 Å². The molecule has 0 aliphatic carbocycles. The molecular weight excluding hydrogens is 456 g/mol. The van der Waals surface area contributed by atoms with E-state index in [-0.39, 0.29) is 0 Å². The molecule has 0 unspecified atom stereocenters. The molecule has 0 radical (unpaired) electrons. The Labute approximate surface area is 209 Å². The van der Waals surface area contributed by atoms with E-state index in [9.17, 15) is 5.11 Å². The Morgan fingerprint density at radius 2 is 1.69 bits per heavy atom. The summed E-state index contributed by atoms with van der Waals surface area (Å²) in [6.07, 6.45) is 2.96. The van der Waals surface area contributed by atoms with Crippen LogP contribution in [0.1, 0.15) is 41.2 Å². The van der Waals surface area contributed by atoms with Gasteiger partial charge in [-0.3, -0.25) is 4.90 Å². The molecule has 3 heterocycles. The van der Waals surface area contributed by atoms with E-state index in [1.807, 2.05) is 22.9 Å². The van der Waals surface area contributed by atoms with Crippen molar-refractivity contribution >= 4 is 11.3 Å². The maximum Gasteiger partial charge on any atom is 0.137 e. The van der Waals surface area contributed by atoms with E-state index < -0.39 is 6.10 Å². The minimum atomic E-state index is -0.607. The van der Waals surface area contributed by atoms with Crippen LogP contribution < -0.4 is 0 Å². The fraction of sp³-hybridized carbons (Fsp3) is 0.286. The lowest BCUT2D eigenvalue weighted by atomic mass is 10.1. The highest BCUT2D eigenvalue weighted by molar-refractivity contribution is 7.13. The largest absolute Gasteiger partial charge is 0.385 e. The number of aromatic nitrogens is 3. The van der Waals surface area contributed by atoms with Gasteiger partial charge in [-0.15, -0.1) is 11.3 Å². The molecule has 35 heavy (non-hydrogen) atoms. The summed E-state index contributed by atoms with van der Waals surface area (Å²) in [5.74, 6) is 7.18. The van der Waals surface area contributed by atoms with Crippen molar-refractivity contribution in [2.24, 2.45) is 0 Å². The van der Waals surface area contributed by atoms with Crippen molar-refractivity contribution in [3.05, 3.63) is 94.5 Å². The Kier molecular flexibility index (Phi) is 7.36. The zero-order valence-corrected chi connectivity index (χ0v) is 20.5. The number of thiazole rings is 1. The normalized spacial score (nSPS) is 14.9. The second-order valence-electron chi connectivity index (χ2n) is 8.65. The third-order valence-electron chi connectivity index (χ3n) is 5.95. The van der Waals surface area contributed by atoms with Crippen LogP contribution in [-0.2, 0) is 17.8 Å². The van der Waals surface area contributed by atoms with Crippen LogP contribution >= 0.6 is 11.3 Å². The van der Waals surface area contributed by atoms with E-state index in [4.69, 9.17) is 9.72 Å². The molecule has 4 aromatic rings. The van der Waals surface area contributed by atoms with Gasteiger partial charge in [0.2, 0.25) is 0 Å². The van der Waals surface area contributed by atoms with E-state index in [1.54, 1.807) is 24.5 Å². The van der Waals surface area contributed by atoms with Crippen molar-refractivity contribution in [2.45, 2.75) is 26.1 Å². The summed E-state index contributed by atoms with van der Waals surface area (Å²) in [6.45, 7) is 6.90. The maximum atomic E-state index is 9.85. The molecule has 0 amide bonds.